The molecule has 0 saturated heterocycles. The lowest BCUT2D eigenvalue weighted by atomic mass is 9.92. The molecule has 0 aliphatic rings. The second-order valence-electron chi connectivity index (χ2n) is 5.02. The fourth-order valence-corrected chi connectivity index (χ4v) is 1.47. The van der Waals surface area contributed by atoms with Gasteiger partial charge in [-0.2, -0.15) is 5.10 Å². The molecular formula is C12H22N4O. The minimum atomic E-state index is -0.109. The van der Waals surface area contributed by atoms with E-state index in [1.54, 1.807) is 4.90 Å². The van der Waals surface area contributed by atoms with Crippen molar-refractivity contribution in [3.05, 3.63) is 11.8 Å². The van der Waals surface area contributed by atoms with Crippen molar-refractivity contribution in [3.63, 3.8) is 0 Å². The maximum absolute atomic E-state index is 11.8. The molecule has 0 aliphatic heterocycles. The molecule has 0 spiro atoms. The van der Waals surface area contributed by atoms with Crippen LogP contribution in [0.1, 0.15) is 40.3 Å². The van der Waals surface area contributed by atoms with Crippen molar-refractivity contribution < 1.29 is 4.79 Å². The molecule has 1 aromatic heterocycles. The molecule has 96 valence electrons. The largest absolute Gasteiger partial charge is 0.325 e. The van der Waals surface area contributed by atoms with E-state index in [0.29, 0.717) is 18.9 Å². The number of aromatic nitrogens is 2. The molecule has 0 radical (unpaired) electrons. The van der Waals surface area contributed by atoms with Gasteiger partial charge >= 0.3 is 6.03 Å². The van der Waals surface area contributed by atoms with Gasteiger partial charge in [0.25, 0.3) is 0 Å². The van der Waals surface area contributed by atoms with Gasteiger partial charge in [0, 0.05) is 30.3 Å². The molecule has 0 saturated carbocycles. The van der Waals surface area contributed by atoms with Gasteiger partial charge in [-0.1, -0.05) is 20.8 Å². The van der Waals surface area contributed by atoms with Crippen molar-refractivity contribution in [2.24, 2.45) is 0 Å². The first-order chi connectivity index (χ1) is 7.88. The third kappa shape index (κ3) is 3.47. The minimum Gasteiger partial charge on any atom is -0.325 e. The van der Waals surface area contributed by atoms with Crippen molar-refractivity contribution in [3.8, 4) is 0 Å². The number of H-pyrrole nitrogens is 1. The zero-order chi connectivity index (χ0) is 13.1. The van der Waals surface area contributed by atoms with Gasteiger partial charge in [0.2, 0.25) is 0 Å². The quantitative estimate of drug-likeness (QED) is 0.850. The molecule has 5 heteroatoms. The van der Waals surface area contributed by atoms with E-state index in [2.05, 4.69) is 36.3 Å². The molecule has 0 bridgehead atoms. The predicted molar refractivity (Wildman–Crippen MR) is 69.2 cm³/mol. The third-order valence-electron chi connectivity index (χ3n) is 2.67. The number of rotatable bonds is 3. The Labute approximate surface area is 103 Å². The lowest BCUT2D eigenvalue weighted by molar-refractivity contribution is 0.217. The number of anilines is 1. The molecule has 0 aromatic carbocycles. The first-order valence-electron chi connectivity index (χ1n) is 6.00. The van der Waals surface area contributed by atoms with Crippen LogP contribution in [0.3, 0.4) is 0 Å². The van der Waals surface area contributed by atoms with E-state index < -0.39 is 0 Å². The maximum Gasteiger partial charge on any atom is 0.323 e. The number of carbonyl (C=O) groups excluding carboxylic acids is 1. The van der Waals surface area contributed by atoms with E-state index in [9.17, 15) is 4.79 Å². The predicted octanol–water partition coefficient (Wildman–Crippen LogP) is 2.58. The number of nitrogens with zero attached hydrogens (tertiary/aromatic N) is 2. The maximum atomic E-state index is 11.8. The second kappa shape index (κ2) is 5.21. The Morgan fingerprint density at radius 2 is 2.00 bits per heavy atom. The fraction of sp³-hybridized carbons (Fsp3) is 0.667. The lowest BCUT2D eigenvalue weighted by Crippen LogP contribution is -2.34. The van der Waals surface area contributed by atoms with Crippen LogP contribution in [-0.2, 0) is 5.41 Å². The molecule has 2 N–H and O–H groups in total. The number of aromatic amines is 1. The Morgan fingerprint density at radius 3 is 2.41 bits per heavy atom. The van der Waals surface area contributed by atoms with Crippen molar-refractivity contribution in [1.29, 1.82) is 0 Å². The number of carbonyl (C=O) groups is 1. The monoisotopic (exact) mass is 238 g/mol. The summed E-state index contributed by atoms with van der Waals surface area (Å²) in [7, 11) is 0. The van der Waals surface area contributed by atoms with Crippen LogP contribution in [-0.4, -0.2) is 34.2 Å². The number of hydrogen-bond donors (Lipinski definition) is 2. The van der Waals surface area contributed by atoms with Gasteiger partial charge in [0.05, 0.1) is 0 Å². The number of nitrogens with one attached hydrogen (secondary N) is 2. The van der Waals surface area contributed by atoms with Gasteiger partial charge in [0.1, 0.15) is 0 Å². The zero-order valence-corrected chi connectivity index (χ0v) is 11.3. The summed E-state index contributed by atoms with van der Waals surface area (Å²) >= 11 is 0. The van der Waals surface area contributed by atoms with Crippen molar-refractivity contribution >= 4 is 11.8 Å². The van der Waals surface area contributed by atoms with Crippen LogP contribution in [0.2, 0.25) is 0 Å². The Bertz CT molecular complexity index is 374. The van der Waals surface area contributed by atoms with Gasteiger partial charge in [-0.25, -0.2) is 4.79 Å². The normalized spacial score (nSPS) is 11.4. The highest BCUT2D eigenvalue weighted by atomic mass is 16.2. The molecule has 17 heavy (non-hydrogen) atoms. The summed E-state index contributed by atoms with van der Waals surface area (Å²) in [4.78, 5) is 13.5. The zero-order valence-electron chi connectivity index (χ0n) is 11.3. The summed E-state index contributed by atoms with van der Waals surface area (Å²) in [6.07, 6.45) is 0. The van der Waals surface area contributed by atoms with Crippen LogP contribution in [0.5, 0.6) is 0 Å². The standard InChI is InChI=1S/C12H22N4O/c1-6-16(7-2)11(17)13-10-8-9(14-15-10)12(3,4)5/h8H,6-7H2,1-5H3,(H2,13,14,15,17). The van der Waals surface area contributed by atoms with E-state index in [-0.39, 0.29) is 11.4 Å². The highest BCUT2D eigenvalue weighted by Crippen LogP contribution is 2.21. The van der Waals surface area contributed by atoms with Gasteiger partial charge in [-0.3, -0.25) is 10.4 Å². The third-order valence-corrected chi connectivity index (χ3v) is 2.67. The van der Waals surface area contributed by atoms with Crippen LogP contribution >= 0.6 is 0 Å². The molecule has 0 aliphatic carbocycles. The average Bonchev–Trinajstić information content (AvgIpc) is 2.67. The molecule has 2 amide bonds. The van der Waals surface area contributed by atoms with Crippen LogP contribution < -0.4 is 5.32 Å². The molecule has 1 heterocycles. The fourth-order valence-electron chi connectivity index (χ4n) is 1.47. The molecule has 0 fully saturated rings. The molecular weight excluding hydrogens is 216 g/mol. The van der Waals surface area contributed by atoms with E-state index in [4.69, 9.17) is 0 Å². The summed E-state index contributed by atoms with van der Waals surface area (Å²) < 4.78 is 0. The minimum absolute atomic E-state index is 0.00514. The van der Waals surface area contributed by atoms with Gasteiger partial charge < -0.3 is 4.90 Å². The molecule has 1 rings (SSSR count). The summed E-state index contributed by atoms with van der Waals surface area (Å²) in [6.45, 7) is 11.6. The summed E-state index contributed by atoms with van der Waals surface area (Å²) in [5.74, 6) is 0.576. The van der Waals surface area contributed by atoms with E-state index in [1.165, 1.54) is 0 Å². The molecule has 5 nitrogen and oxygen atoms in total. The topological polar surface area (TPSA) is 61.0 Å². The summed E-state index contributed by atoms with van der Waals surface area (Å²) in [5, 5.41) is 9.81. The van der Waals surface area contributed by atoms with E-state index in [1.807, 2.05) is 19.9 Å². The van der Waals surface area contributed by atoms with Crippen LogP contribution in [0.4, 0.5) is 10.6 Å². The van der Waals surface area contributed by atoms with Crippen molar-refractivity contribution in [2.45, 2.75) is 40.0 Å². The number of urea groups is 1. The van der Waals surface area contributed by atoms with E-state index in [0.717, 1.165) is 5.69 Å². The molecule has 0 unspecified atom stereocenters. The van der Waals surface area contributed by atoms with E-state index >= 15 is 0 Å². The Balaban J connectivity index is 2.70. The van der Waals surface area contributed by atoms with Gasteiger partial charge in [-0.05, 0) is 13.8 Å². The van der Waals surface area contributed by atoms with Gasteiger partial charge in [-0.15, -0.1) is 0 Å². The SMILES string of the molecule is CCN(CC)C(=O)Nc1cc(C(C)(C)C)[nH]n1. The Hall–Kier alpha value is -1.52. The first-order valence-corrected chi connectivity index (χ1v) is 6.00. The number of amides is 2. The smallest absolute Gasteiger partial charge is 0.323 e. The number of hydrogen-bond acceptors (Lipinski definition) is 2. The summed E-state index contributed by atoms with van der Waals surface area (Å²) in [6, 6.07) is 1.77. The first kappa shape index (κ1) is 13.5. The second-order valence-corrected chi connectivity index (χ2v) is 5.02. The average molecular weight is 238 g/mol. The summed E-state index contributed by atoms with van der Waals surface area (Å²) in [5.41, 5.74) is 1.01. The van der Waals surface area contributed by atoms with Gasteiger partial charge in [0.15, 0.2) is 5.82 Å². The van der Waals surface area contributed by atoms with Crippen LogP contribution in [0, 0.1) is 0 Å². The molecule has 0 atom stereocenters. The van der Waals surface area contributed by atoms with Crippen molar-refractivity contribution in [2.75, 3.05) is 18.4 Å². The van der Waals surface area contributed by atoms with Crippen LogP contribution in [0.15, 0.2) is 6.07 Å². The molecule has 1 aromatic rings. The Morgan fingerprint density at radius 1 is 1.41 bits per heavy atom. The highest BCUT2D eigenvalue weighted by Gasteiger charge is 2.18. The Kier molecular flexibility index (Phi) is 4.15. The highest BCUT2D eigenvalue weighted by molar-refractivity contribution is 5.88. The lowest BCUT2D eigenvalue weighted by Gasteiger charge is -2.18. The van der Waals surface area contributed by atoms with Crippen LogP contribution in [0.25, 0.3) is 0 Å². The van der Waals surface area contributed by atoms with Crippen molar-refractivity contribution in [1.82, 2.24) is 15.1 Å².